The molecule has 1 saturated heterocycles. The minimum Gasteiger partial charge on any atom is -0.314 e. The van der Waals surface area contributed by atoms with E-state index in [9.17, 15) is 9.59 Å². The number of amides is 2. The monoisotopic (exact) mass is 349 g/mol. The average molecular weight is 349 g/mol. The summed E-state index contributed by atoms with van der Waals surface area (Å²) in [6, 6.07) is 12.4. The van der Waals surface area contributed by atoms with E-state index < -0.39 is 0 Å². The quantitative estimate of drug-likeness (QED) is 0.736. The number of carbonyl (C=O) groups excluding carboxylic acids is 2. The smallest absolute Gasteiger partial charge is 0.314 e. The average Bonchev–Trinajstić information content (AvgIpc) is 3.28. The molecule has 132 valence electrons. The second-order valence-electron chi connectivity index (χ2n) is 6.41. The van der Waals surface area contributed by atoms with Gasteiger partial charge in [0.25, 0.3) is 0 Å². The molecule has 0 radical (unpaired) electrons. The van der Waals surface area contributed by atoms with Gasteiger partial charge in [-0.15, -0.1) is 10.2 Å². The van der Waals surface area contributed by atoms with E-state index in [4.69, 9.17) is 0 Å². The van der Waals surface area contributed by atoms with Crippen LogP contribution < -0.4 is 5.32 Å². The van der Waals surface area contributed by atoms with Gasteiger partial charge < -0.3 is 10.2 Å². The number of Topliss-reactive ketones (excluding diaryl/α,β-unsaturated/α-hetero) is 1. The van der Waals surface area contributed by atoms with Gasteiger partial charge in [-0.1, -0.05) is 18.2 Å². The Morgan fingerprint density at radius 3 is 2.88 bits per heavy atom. The number of nitrogens with zero attached hydrogens (tertiary/aromatic N) is 4. The molecule has 1 aromatic carbocycles. The Hall–Kier alpha value is -3.22. The van der Waals surface area contributed by atoms with E-state index in [0.29, 0.717) is 17.8 Å². The summed E-state index contributed by atoms with van der Waals surface area (Å²) in [5.41, 5.74) is 1.95. The van der Waals surface area contributed by atoms with E-state index >= 15 is 0 Å². The van der Waals surface area contributed by atoms with E-state index in [1.54, 1.807) is 29.2 Å². The van der Waals surface area contributed by atoms with Crippen molar-refractivity contribution >= 4 is 23.1 Å². The first kappa shape index (κ1) is 16.3. The molecule has 2 amide bonds. The predicted molar refractivity (Wildman–Crippen MR) is 97.1 cm³/mol. The number of hydrogen-bond donors (Lipinski definition) is 1. The molecular weight excluding hydrogens is 330 g/mol. The van der Waals surface area contributed by atoms with Gasteiger partial charge in [-0.25, -0.2) is 4.79 Å². The van der Waals surface area contributed by atoms with Crippen LogP contribution in [0, 0.1) is 0 Å². The Balaban J connectivity index is 1.57. The maximum atomic E-state index is 12.8. The molecule has 26 heavy (non-hydrogen) atoms. The van der Waals surface area contributed by atoms with Gasteiger partial charge >= 0.3 is 6.03 Å². The fourth-order valence-corrected chi connectivity index (χ4v) is 3.38. The van der Waals surface area contributed by atoms with Crippen LogP contribution in [0.2, 0.25) is 0 Å². The van der Waals surface area contributed by atoms with Crippen LogP contribution in [0.1, 0.15) is 42.0 Å². The number of benzene rings is 1. The van der Waals surface area contributed by atoms with Crippen molar-refractivity contribution in [1.82, 2.24) is 19.5 Å². The van der Waals surface area contributed by atoms with Crippen LogP contribution in [0.3, 0.4) is 0 Å². The number of pyridine rings is 1. The third-order valence-corrected chi connectivity index (χ3v) is 4.67. The Kier molecular flexibility index (Phi) is 4.12. The number of urea groups is 1. The highest BCUT2D eigenvalue weighted by atomic mass is 16.2. The molecule has 1 aliphatic heterocycles. The first-order chi connectivity index (χ1) is 12.6. The van der Waals surface area contributed by atoms with Crippen molar-refractivity contribution in [1.29, 1.82) is 0 Å². The minimum atomic E-state index is -0.194. The van der Waals surface area contributed by atoms with E-state index in [2.05, 4.69) is 15.5 Å². The van der Waals surface area contributed by atoms with Crippen LogP contribution in [0.5, 0.6) is 0 Å². The van der Waals surface area contributed by atoms with Crippen LogP contribution in [0.15, 0.2) is 48.7 Å². The van der Waals surface area contributed by atoms with E-state index in [0.717, 1.165) is 24.3 Å². The van der Waals surface area contributed by atoms with Crippen molar-refractivity contribution in [2.45, 2.75) is 25.8 Å². The summed E-state index contributed by atoms with van der Waals surface area (Å²) in [5.74, 6) is 0.737. The molecule has 1 N–H and O–H groups in total. The summed E-state index contributed by atoms with van der Waals surface area (Å²) in [5, 5.41) is 11.4. The highest BCUT2D eigenvalue weighted by Gasteiger charge is 2.33. The number of rotatable bonds is 3. The van der Waals surface area contributed by atoms with Crippen molar-refractivity contribution in [3.8, 4) is 0 Å². The molecule has 1 atom stereocenters. The Labute approximate surface area is 150 Å². The van der Waals surface area contributed by atoms with Crippen molar-refractivity contribution in [3.05, 3.63) is 60.0 Å². The number of nitrogens with one attached hydrogen (secondary N) is 1. The number of likely N-dealkylation sites (tertiary alicyclic amines) is 1. The number of anilines is 1. The number of ketones is 1. The van der Waals surface area contributed by atoms with Gasteiger partial charge in [-0.05, 0) is 44.0 Å². The number of fused-ring (bicyclic) bond motifs is 1. The molecule has 7 nitrogen and oxygen atoms in total. The summed E-state index contributed by atoms with van der Waals surface area (Å²) in [4.78, 5) is 26.1. The molecular formula is C19H19N5O2. The highest BCUT2D eigenvalue weighted by molar-refractivity contribution is 5.96. The summed E-state index contributed by atoms with van der Waals surface area (Å²) in [7, 11) is 0. The second-order valence-corrected chi connectivity index (χ2v) is 6.41. The van der Waals surface area contributed by atoms with Gasteiger partial charge in [0.2, 0.25) is 0 Å². The van der Waals surface area contributed by atoms with Gasteiger partial charge in [-0.3, -0.25) is 9.20 Å². The van der Waals surface area contributed by atoms with Crippen LogP contribution >= 0.6 is 0 Å². The van der Waals surface area contributed by atoms with E-state index in [1.807, 2.05) is 28.8 Å². The van der Waals surface area contributed by atoms with Gasteiger partial charge in [0, 0.05) is 24.0 Å². The van der Waals surface area contributed by atoms with Gasteiger partial charge in [0.1, 0.15) is 0 Å². The molecule has 7 heteroatoms. The maximum absolute atomic E-state index is 12.8. The molecule has 3 aromatic rings. The van der Waals surface area contributed by atoms with Crippen molar-refractivity contribution < 1.29 is 9.59 Å². The van der Waals surface area contributed by atoms with Gasteiger partial charge in [-0.2, -0.15) is 0 Å². The molecule has 0 bridgehead atoms. The van der Waals surface area contributed by atoms with Crippen molar-refractivity contribution in [3.63, 3.8) is 0 Å². The lowest BCUT2D eigenvalue weighted by atomic mass is 10.1. The fraction of sp³-hybridized carbons (Fsp3) is 0.263. The molecule has 3 heterocycles. The minimum absolute atomic E-state index is 0.0323. The SMILES string of the molecule is CC(=O)c1cccc(NC(=O)N2CCC[C@H]2c2nnc3ccccn23)c1. The lowest BCUT2D eigenvalue weighted by molar-refractivity contribution is 0.101. The number of carbonyl (C=O) groups is 2. The fourth-order valence-electron chi connectivity index (χ4n) is 3.38. The number of hydrogen-bond acceptors (Lipinski definition) is 4. The topological polar surface area (TPSA) is 79.6 Å². The largest absolute Gasteiger partial charge is 0.322 e. The highest BCUT2D eigenvalue weighted by Crippen LogP contribution is 2.31. The second kappa shape index (κ2) is 6.59. The van der Waals surface area contributed by atoms with Gasteiger partial charge in [0.05, 0.1) is 6.04 Å². The summed E-state index contributed by atoms with van der Waals surface area (Å²) in [6.45, 7) is 2.17. The van der Waals surface area contributed by atoms with Crippen LogP contribution in [0.4, 0.5) is 10.5 Å². The molecule has 0 saturated carbocycles. The molecule has 0 spiro atoms. The first-order valence-corrected chi connectivity index (χ1v) is 8.62. The molecule has 1 fully saturated rings. The van der Waals surface area contributed by atoms with Crippen LogP contribution in [0.25, 0.3) is 5.65 Å². The zero-order chi connectivity index (χ0) is 18.1. The van der Waals surface area contributed by atoms with Gasteiger partial charge in [0.15, 0.2) is 17.3 Å². The third kappa shape index (κ3) is 2.92. The Morgan fingerprint density at radius 2 is 2.04 bits per heavy atom. The normalized spacial score (nSPS) is 16.8. The summed E-state index contributed by atoms with van der Waals surface area (Å²) in [6.07, 6.45) is 3.67. The van der Waals surface area contributed by atoms with Crippen LogP contribution in [-0.4, -0.2) is 37.9 Å². The Bertz CT molecular complexity index is 981. The molecule has 4 rings (SSSR count). The third-order valence-electron chi connectivity index (χ3n) is 4.67. The maximum Gasteiger partial charge on any atom is 0.322 e. The lowest BCUT2D eigenvalue weighted by Gasteiger charge is -2.24. The summed E-state index contributed by atoms with van der Waals surface area (Å²) < 4.78 is 1.92. The Morgan fingerprint density at radius 1 is 1.15 bits per heavy atom. The predicted octanol–water partition coefficient (Wildman–Crippen LogP) is 3.30. The first-order valence-electron chi connectivity index (χ1n) is 8.62. The zero-order valence-electron chi connectivity index (χ0n) is 14.4. The molecule has 2 aromatic heterocycles. The van der Waals surface area contributed by atoms with E-state index in [1.165, 1.54) is 6.92 Å². The van der Waals surface area contributed by atoms with Crippen molar-refractivity contribution in [2.24, 2.45) is 0 Å². The van der Waals surface area contributed by atoms with Crippen molar-refractivity contribution in [2.75, 3.05) is 11.9 Å². The zero-order valence-corrected chi connectivity index (χ0v) is 14.4. The van der Waals surface area contributed by atoms with E-state index in [-0.39, 0.29) is 17.9 Å². The number of aromatic nitrogens is 3. The van der Waals surface area contributed by atoms with Crippen LogP contribution in [-0.2, 0) is 0 Å². The molecule has 0 unspecified atom stereocenters. The summed E-state index contributed by atoms with van der Waals surface area (Å²) >= 11 is 0. The molecule has 0 aliphatic carbocycles. The molecule has 1 aliphatic rings. The lowest BCUT2D eigenvalue weighted by Crippen LogP contribution is -2.35. The standard InChI is InChI=1S/C19H19N5O2/c1-13(25)14-6-4-7-15(12-14)20-19(26)23-11-5-8-16(23)18-22-21-17-9-2-3-10-24(17)18/h2-4,6-7,9-10,12,16H,5,8,11H2,1H3,(H,20,26)/t16-/m0/s1.